The summed E-state index contributed by atoms with van der Waals surface area (Å²) in [7, 11) is 0. The molecule has 4 aromatic rings. The van der Waals surface area contributed by atoms with Gasteiger partial charge in [0.1, 0.15) is 11.4 Å². The lowest BCUT2D eigenvalue weighted by molar-refractivity contribution is 0.0474. The fraction of sp³-hybridized carbons (Fsp3) is 0.0909. The van der Waals surface area contributed by atoms with Crippen molar-refractivity contribution in [1.82, 2.24) is 19.3 Å². The quantitative estimate of drug-likeness (QED) is 0.363. The maximum Gasteiger partial charge on any atom is 0.344 e. The number of benzene rings is 1. The van der Waals surface area contributed by atoms with Gasteiger partial charge in [-0.3, -0.25) is 9.78 Å². The van der Waals surface area contributed by atoms with E-state index in [2.05, 4.69) is 10.1 Å². The molecule has 0 aliphatic heterocycles. The number of esters is 1. The van der Waals surface area contributed by atoms with Gasteiger partial charge in [-0.15, -0.1) is 0 Å². The van der Waals surface area contributed by atoms with Crippen LogP contribution >= 0.6 is 0 Å². The van der Waals surface area contributed by atoms with Gasteiger partial charge in [0.25, 0.3) is 0 Å². The summed E-state index contributed by atoms with van der Waals surface area (Å²) in [6, 6.07) is 12.5. The Bertz CT molecular complexity index is 1200. The van der Waals surface area contributed by atoms with Crippen LogP contribution in [0.4, 0.5) is 4.39 Å². The second kappa shape index (κ2) is 8.12. The Morgan fingerprint density at radius 3 is 2.53 bits per heavy atom. The third-order valence-electron chi connectivity index (χ3n) is 4.44. The first-order valence-corrected chi connectivity index (χ1v) is 9.13. The van der Waals surface area contributed by atoms with Gasteiger partial charge in [-0.2, -0.15) is 5.10 Å². The normalized spacial score (nSPS) is 10.7. The summed E-state index contributed by atoms with van der Waals surface area (Å²) in [5.74, 6) is -0.977. The van der Waals surface area contributed by atoms with Crippen LogP contribution in [-0.2, 0) is 4.74 Å². The van der Waals surface area contributed by atoms with Crippen molar-refractivity contribution < 1.29 is 18.7 Å². The first kappa shape index (κ1) is 19.3. The summed E-state index contributed by atoms with van der Waals surface area (Å²) in [5.41, 5.74) is 1.86. The summed E-state index contributed by atoms with van der Waals surface area (Å²) in [5, 5.41) is 4.27. The number of rotatable bonds is 6. The second-order valence-corrected chi connectivity index (χ2v) is 6.55. The molecule has 0 fully saturated rings. The van der Waals surface area contributed by atoms with Crippen LogP contribution in [0.3, 0.4) is 0 Å². The van der Waals surface area contributed by atoms with Gasteiger partial charge in [-0.05, 0) is 55.5 Å². The Labute approximate surface area is 171 Å². The zero-order valence-electron chi connectivity index (χ0n) is 16.0. The molecule has 0 atom stereocenters. The first-order valence-electron chi connectivity index (χ1n) is 9.13. The van der Waals surface area contributed by atoms with Gasteiger partial charge in [0.15, 0.2) is 18.2 Å². The Kier molecular flexibility index (Phi) is 5.21. The number of aryl methyl sites for hydroxylation is 1. The molecule has 0 saturated carbocycles. The maximum atomic E-state index is 13.3. The van der Waals surface area contributed by atoms with Crippen molar-refractivity contribution in [3.05, 3.63) is 96.0 Å². The number of carbonyl (C=O) groups excluding carboxylic acids is 2. The number of ether oxygens (including phenoxy) is 1. The van der Waals surface area contributed by atoms with E-state index in [-0.39, 0.29) is 17.2 Å². The molecule has 8 heteroatoms. The van der Waals surface area contributed by atoms with Gasteiger partial charge in [0.05, 0.1) is 11.9 Å². The van der Waals surface area contributed by atoms with Crippen LogP contribution in [0.25, 0.3) is 11.5 Å². The van der Waals surface area contributed by atoms with Gasteiger partial charge >= 0.3 is 5.97 Å². The van der Waals surface area contributed by atoms with E-state index in [9.17, 15) is 14.0 Å². The molecule has 7 nitrogen and oxygen atoms in total. The van der Waals surface area contributed by atoms with Crippen LogP contribution in [0.5, 0.6) is 0 Å². The van der Waals surface area contributed by atoms with Gasteiger partial charge in [-0.1, -0.05) is 0 Å². The molecule has 150 valence electrons. The molecule has 3 heterocycles. The molecule has 0 aliphatic carbocycles. The number of pyridine rings is 1. The van der Waals surface area contributed by atoms with Crippen molar-refractivity contribution in [2.75, 3.05) is 6.61 Å². The lowest BCUT2D eigenvalue weighted by atomic mass is 10.1. The Balaban J connectivity index is 1.61. The third kappa shape index (κ3) is 3.88. The number of hydrogen-bond donors (Lipinski definition) is 0. The molecule has 0 saturated heterocycles. The van der Waals surface area contributed by atoms with Crippen molar-refractivity contribution in [3.63, 3.8) is 0 Å². The third-order valence-corrected chi connectivity index (χ3v) is 4.44. The van der Waals surface area contributed by atoms with E-state index < -0.39 is 12.6 Å². The number of halogens is 1. The Hall–Kier alpha value is -4.07. The van der Waals surface area contributed by atoms with Crippen molar-refractivity contribution >= 4 is 11.8 Å². The van der Waals surface area contributed by atoms with Gasteiger partial charge in [0.2, 0.25) is 0 Å². The monoisotopic (exact) mass is 404 g/mol. The molecule has 4 rings (SSSR count). The zero-order chi connectivity index (χ0) is 21.1. The molecular formula is C22H17FN4O3. The highest BCUT2D eigenvalue weighted by Gasteiger charge is 2.22. The van der Waals surface area contributed by atoms with Gasteiger partial charge in [-0.25, -0.2) is 13.9 Å². The van der Waals surface area contributed by atoms with E-state index in [0.717, 1.165) is 0 Å². The molecule has 3 aromatic heterocycles. The average Bonchev–Trinajstić information content (AvgIpc) is 3.42. The number of ketones is 1. The summed E-state index contributed by atoms with van der Waals surface area (Å²) in [6.45, 7) is 1.37. The SMILES string of the molecule is Cc1cc(C(=O)COC(=O)c2cnn(-c3ccc(F)cc3)c2-n2cccc2)ccn1. The molecule has 0 N–H and O–H groups in total. The lowest BCUT2D eigenvalue weighted by Crippen LogP contribution is -2.16. The number of Topliss-reactive ketones (excluding diaryl/α,β-unsaturated/α-hetero) is 1. The fourth-order valence-electron chi connectivity index (χ4n) is 2.99. The van der Waals surface area contributed by atoms with Crippen molar-refractivity contribution in [2.45, 2.75) is 6.92 Å². The first-order chi connectivity index (χ1) is 14.5. The molecule has 0 radical (unpaired) electrons. The van der Waals surface area contributed by atoms with Gasteiger partial charge in [0, 0.05) is 29.8 Å². The number of carbonyl (C=O) groups is 2. The fourth-order valence-corrected chi connectivity index (χ4v) is 2.99. The van der Waals surface area contributed by atoms with E-state index in [1.54, 1.807) is 60.3 Å². The molecule has 0 spiro atoms. The predicted molar refractivity (Wildman–Crippen MR) is 106 cm³/mol. The van der Waals surface area contributed by atoms with E-state index in [1.165, 1.54) is 29.2 Å². The molecule has 0 bridgehead atoms. The lowest BCUT2D eigenvalue weighted by Gasteiger charge is -2.11. The highest BCUT2D eigenvalue weighted by Crippen LogP contribution is 2.21. The largest absolute Gasteiger partial charge is 0.454 e. The Morgan fingerprint density at radius 2 is 1.83 bits per heavy atom. The van der Waals surface area contributed by atoms with E-state index in [4.69, 9.17) is 4.74 Å². The maximum absolute atomic E-state index is 13.3. The van der Waals surface area contributed by atoms with Crippen LogP contribution < -0.4 is 0 Å². The summed E-state index contributed by atoms with van der Waals surface area (Å²) in [6.07, 6.45) is 6.39. The molecule has 0 unspecified atom stereocenters. The molecule has 30 heavy (non-hydrogen) atoms. The van der Waals surface area contributed by atoms with Crippen molar-refractivity contribution in [1.29, 1.82) is 0 Å². The van der Waals surface area contributed by atoms with Crippen LogP contribution in [0.2, 0.25) is 0 Å². The van der Waals surface area contributed by atoms with E-state index in [1.807, 2.05) is 0 Å². The number of hydrogen-bond acceptors (Lipinski definition) is 5. The van der Waals surface area contributed by atoms with Crippen LogP contribution in [-0.4, -0.2) is 37.7 Å². The number of nitrogens with zero attached hydrogens (tertiary/aromatic N) is 4. The summed E-state index contributed by atoms with van der Waals surface area (Å²) >= 11 is 0. The molecule has 1 aromatic carbocycles. The van der Waals surface area contributed by atoms with E-state index in [0.29, 0.717) is 22.8 Å². The molecular weight excluding hydrogens is 387 g/mol. The zero-order valence-corrected chi connectivity index (χ0v) is 16.0. The molecule has 0 amide bonds. The number of aromatic nitrogens is 4. The standard InChI is InChI=1S/C22H17FN4O3/c1-15-12-16(8-9-24-15)20(28)14-30-22(29)19-13-25-27(18-6-4-17(23)5-7-18)21(19)26-10-2-3-11-26/h2-13H,14H2,1H3. The van der Waals surface area contributed by atoms with Crippen LogP contribution in [0.1, 0.15) is 26.4 Å². The Morgan fingerprint density at radius 1 is 1.10 bits per heavy atom. The minimum Gasteiger partial charge on any atom is -0.454 e. The van der Waals surface area contributed by atoms with Crippen molar-refractivity contribution in [2.24, 2.45) is 0 Å². The van der Waals surface area contributed by atoms with E-state index >= 15 is 0 Å². The second-order valence-electron chi connectivity index (χ2n) is 6.55. The summed E-state index contributed by atoms with van der Waals surface area (Å²) < 4.78 is 21.8. The highest BCUT2D eigenvalue weighted by atomic mass is 19.1. The van der Waals surface area contributed by atoms with Crippen molar-refractivity contribution in [3.8, 4) is 11.5 Å². The smallest absolute Gasteiger partial charge is 0.344 e. The minimum atomic E-state index is -0.689. The predicted octanol–water partition coefficient (Wildman–Crippen LogP) is 3.55. The summed E-state index contributed by atoms with van der Waals surface area (Å²) in [4.78, 5) is 29.1. The van der Waals surface area contributed by atoms with Gasteiger partial charge < -0.3 is 9.30 Å². The average molecular weight is 404 g/mol. The topological polar surface area (TPSA) is 79.0 Å². The van der Waals surface area contributed by atoms with Crippen LogP contribution in [0.15, 0.2) is 73.3 Å². The molecule has 0 aliphatic rings. The highest BCUT2D eigenvalue weighted by molar-refractivity contribution is 6.00. The van der Waals surface area contributed by atoms with Crippen LogP contribution in [0, 0.1) is 12.7 Å². The minimum absolute atomic E-state index is 0.175.